The summed E-state index contributed by atoms with van der Waals surface area (Å²) >= 11 is 3.27. The minimum absolute atomic E-state index is 0.246. The summed E-state index contributed by atoms with van der Waals surface area (Å²) in [7, 11) is 1.29. The number of carbonyl (C=O) groups is 2. The van der Waals surface area contributed by atoms with Crippen LogP contribution >= 0.6 is 15.9 Å². The van der Waals surface area contributed by atoms with Crippen molar-refractivity contribution in [1.82, 2.24) is 15.1 Å². The standard InChI is InChI=1S/C12H16BrN3O4/c1-4-20-11(17)9-7-14-16(10(9)13)6-5-8(2)15-12(18)19-3/h5-8H,4H2,1-3H3,(H,15,18)/b6-5+. The monoisotopic (exact) mass is 345 g/mol. The van der Waals surface area contributed by atoms with Gasteiger partial charge in [-0.15, -0.1) is 0 Å². The van der Waals surface area contributed by atoms with Crippen LogP contribution in [0.1, 0.15) is 24.2 Å². The molecule has 0 aliphatic carbocycles. The summed E-state index contributed by atoms with van der Waals surface area (Å²) in [5, 5.41) is 6.60. The van der Waals surface area contributed by atoms with Crippen molar-refractivity contribution in [2.45, 2.75) is 19.9 Å². The lowest BCUT2D eigenvalue weighted by Gasteiger charge is -2.07. The third-order valence-corrected chi connectivity index (χ3v) is 3.07. The number of halogens is 1. The highest BCUT2D eigenvalue weighted by molar-refractivity contribution is 9.10. The van der Waals surface area contributed by atoms with Gasteiger partial charge in [-0.2, -0.15) is 5.10 Å². The molecule has 1 heterocycles. The van der Waals surface area contributed by atoms with Crippen molar-refractivity contribution in [2.24, 2.45) is 0 Å². The van der Waals surface area contributed by atoms with E-state index >= 15 is 0 Å². The van der Waals surface area contributed by atoms with Crippen LogP contribution in [-0.4, -0.2) is 41.6 Å². The largest absolute Gasteiger partial charge is 0.462 e. The molecule has 8 heteroatoms. The number of hydrogen-bond donors (Lipinski definition) is 1. The Hall–Kier alpha value is -1.83. The molecule has 0 aliphatic rings. The van der Waals surface area contributed by atoms with Crippen molar-refractivity contribution in [3.8, 4) is 0 Å². The van der Waals surface area contributed by atoms with Crippen molar-refractivity contribution < 1.29 is 19.1 Å². The second kappa shape index (κ2) is 7.68. The van der Waals surface area contributed by atoms with E-state index in [4.69, 9.17) is 4.74 Å². The van der Waals surface area contributed by atoms with Gasteiger partial charge in [-0.3, -0.25) is 0 Å². The number of methoxy groups -OCH3 is 1. The number of nitrogens with one attached hydrogen (secondary N) is 1. The Labute approximate surface area is 125 Å². The van der Waals surface area contributed by atoms with Gasteiger partial charge >= 0.3 is 12.1 Å². The zero-order valence-corrected chi connectivity index (χ0v) is 13.0. The SMILES string of the molecule is CCOC(=O)c1cnn(/C=C/C(C)NC(=O)OC)c1Br. The van der Waals surface area contributed by atoms with Gasteiger partial charge in [0.15, 0.2) is 0 Å². The molecule has 1 aromatic rings. The molecule has 0 radical (unpaired) electrons. The Kier molecular flexibility index (Phi) is 6.23. The average molecular weight is 346 g/mol. The number of amides is 1. The maximum Gasteiger partial charge on any atom is 0.407 e. The zero-order chi connectivity index (χ0) is 15.1. The number of aromatic nitrogens is 2. The van der Waals surface area contributed by atoms with Crippen LogP contribution < -0.4 is 5.32 Å². The summed E-state index contributed by atoms with van der Waals surface area (Å²) in [4.78, 5) is 22.6. The van der Waals surface area contributed by atoms with E-state index in [1.54, 1.807) is 26.1 Å². The van der Waals surface area contributed by atoms with Crippen LogP contribution in [0, 0.1) is 0 Å². The first kappa shape index (κ1) is 16.2. The maximum atomic E-state index is 11.6. The van der Waals surface area contributed by atoms with E-state index in [1.807, 2.05) is 0 Å². The molecule has 1 unspecified atom stereocenters. The first-order chi connectivity index (χ1) is 9.49. The fourth-order valence-corrected chi connectivity index (χ4v) is 1.77. The minimum Gasteiger partial charge on any atom is -0.462 e. The first-order valence-corrected chi connectivity index (χ1v) is 6.71. The summed E-state index contributed by atoms with van der Waals surface area (Å²) in [5.41, 5.74) is 0.338. The van der Waals surface area contributed by atoms with Crippen LogP contribution in [0.4, 0.5) is 4.79 Å². The molecule has 110 valence electrons. The van der Waals surface area contributed by atoms with E-state index in [0.29, 0.717) is 16.8 Å². The molecular formula is C12H16BrN3O4. The molecule has 0 saturated carbocycles. The van der Waals surface area contributed by atoms with E-state index in [0.717, 1.165) is 0 Å². The van der Waals surface area contributed by atoms with Gasteiger partial charge in [0.25, 0.3) is 0 Å². The van der Waals surface area contributed by atoms with Gasteiger partial charge in [-0.05, 0) is 35.9 Å². The van der Waals surface area contributed by atoms with Gasteiger partial charge in [-0.25, -0.2) is 14.3 Å². The Morgan fingerprint density at radius 2 is 2.30 bits per heavy atom. The third kappa shape index (κ3) is 4.37. The summed E-state index contributed by atoms with van der Waals surface area (Å²) < 4.78 is 11.3. The van der Waals surface area contributed by atoms with Gasteiger partial charge in [0, 0.05) is 12.2 Å². The van der Waals surface area contributed by atoms with Gasteiger partial charge < -0.3 is 14.8 Å². The third-order valence-electron chi connectivity index (χ3n) is 2.28. The van der Waals surface area contributed by atoms with E-state index in [1.165, 1.54) is 18.0 Å². The highest BCUT2D eigenvalue weighted by atomic mass is 79.9. The van der Waals surface area contributed by atoms with Crippen molar-refractivity contribution in [1.29, 1.82) is 0 Å². The van der Waals surface area contributed by atoms with Gasteiger partial charge in [0.05, 0.1) is 19.9 Å². The van der Waals surface area contributed by atoms with Crippen LogP contribution in [0.5, 0.6) is 0 Å². The number of carbonyl (C=O) groups excluding carboxylic acids is 2. The highest BCUT2D eigenvalue weighted by Gasteiger charge is 2.15. The number of ether oxygens (including phenoxy) is 2. The molecule has 0 spiro atoms. The lowest BCUT2D eigenvalue weighted by molar-refractivity contribution is 0.0525. The Morgan fingerprint density at radius 3 is 2.90 bits per heavy atom. The zero-order valence-electron chi connectivity index (χ0n) is 11.4. The Bertz CT molecular complexity index is 513. The number of nitrogens with zero attached hydrogens (tertiary/aromatic N) is 2. The Balaban J connectivity index is 2.74. The van der Waals surface area contributed by atoms with Crippen LogP contribution in [0.2, 0.25) is 0 Å². The molecule has 1 amide bonds. The highest BCUT2D eigenvalue weighted by Crippen LogP contribution is 2.17. The van der Waals surface area contributed by atoms with Gasteiger partial charge in [0.1, 0.15) is 10.2 Å². The predicted molar refractivity (Wildman–Crippen MR) is 76.2 cm³/mol. The average Bonchev–Trinajstić information content (AvgIpc) is 2.78. The molecule has 0 bridgehead atoms. The second-order valence-electron chi connectivity index (χ2n) is 3.78. The topological polar surface area (TPSA) is 82.5 Å². The quantitative estimate of drug-likeness (QED) is 0.825. The Morgan fingerprint density at radius 1 is 1.60 bits per heavy atom. The van der Waals surface area contributed by atoms with Crippen molar-refractivity contribution in [3.05, 3.63) is 22.4 Å². The molecule has 0 aliphatic heterocycles. The smallest absolute Gasteiger partial charge is 0.407 e. The van der Waals surface area contributed by atoms with Crippen LogP contribution in [0.25, 0.3) is 6.20 Å². The predicted octanol–water partition coefficient (Wildman–Crippen LogP) is 2.04. The minimum atomic E-state index is -0.520. The molecule has 1 N–H and O–H groups in total. The molecule has 7 nitrogen and oxygen atoms in total. The fourth-order valence-electron chi connectivity index (χ4n) is 1.30. The fraction of sp³-hybridized carbons (Fsp3) is 0.417. The van der Waals surface area contributed by atoms with Gasteiger partial charge in [0.2, 0.25) is 0 Å². The normalized spacial score (nSPS) is 12.2. The number of rotatable bonds is 5. The van der Waals surface area contributed by atoms with Crippen molar-refractivity contribution in [3.63, 3.8) is 0 Å². The molecule has 1 aromatic heterocycles. The molecular weight excluding hydrogens is 330 g/mol. The molecule has 0 aromatic carbocycles. The number of hydrogen-bond acceptors (Lipinski definition) is 5. The van der Waals surface area contributed by atoms with Gasteiger partial charge in [-0.1, -0.05) is 0 Å². The van der Waals surface area contributed by atoms with Crippen molar-refractivity contribution in [2.75, 3.05) is 13.7 Å². The molecule has 20 heavy (non-hydrogen) atoms. The van der Waals surface area contributed by atoms with E-state index in [-0.39, 0.29) is 6.04 Å². The van der Waals surface area contributed by atoms with Crippen LogP contribution in [0.3, 0.4) is 0 Å². The number of esters is 1. The van der Waals surface area contributed by atoms with E-state index < -0.39 is 12.1 Å². The van der Waals surface area contributed by atoms with E-state index in [2.05, 4.69) is 31.1 Å². The maximum absolute atomic E-state index is 11.6. The first-order valence-electron chi connectivity index (χ1n) is 5.92. The lowest BCUT2D eigenvalue weighted by Crippen LogP contribution is -2.30. The summed E-state index contributed by atoms with van der Waals surface area (Å²) in [6, 6.07) is -0.246. The van der Waals surface area contributed by atoms with E-state index in [9.17, 15) is 9.59 Å². The molecule has 0 saturated heterocycles. The summed E-state index contributed by atoms with van der Waals surface area (Å²) in [6.07, 6.45) is 4.20. The van der Waals surface area contributed by atoms with Crippen LogP contribution in [0.15, 0.2) is 16.9 Å². The number of alkyl carbamates (subject to hydrolysis) is 1. The molecule has 1 rings (SSSR count). The lowest BCUT2D eigenvalue weighted by atomic mass is 10.3. The van der Waals surface area contributed by atoms with Crippen molar-refractivity contribution >= 4 is 34.2 Å². The summed E-state index contributed by atoms with van der Waals surface area (Å²) in [5.74, 6) is -0.445. The second-order valence-corrected chi connectivity index (χ2v) is 4.53. The molecule has 1 atom stereocenters. The molecule has 0 fully saturated rings. The van der Waals surface area contributed by atoms with Crippen LogP contribution in [-0.2, 0) is 9.47 Å². The summed E-state index contributed by atoms with van der Waals surface area (Å²) in [6.45, 7) is 3.81.